The van der Waals surface area contributed by atoms with Gasteiger partial charge in [0, 0.05) is 12.2 Å². The molecule has 0 atom stereocenters. The first-order valence-corrected chi connectivity index (χ1v) is 16.4. The number of aliphatic carboxylic acids is 2. The quantitative estimate of drug-likeness (QED) is 0.0420. The van der Waals surface area contributed by atoms with Crippen molar-refractivity contribution < 1.29 is 38.9 Å². The molecular weight excluding hydrogens is 674 g/mol. The number of carbonyl (C=O) groups excluding carboxylic acids is 4. The fraction of sp³-hybridized carbons (Fsp3) is 0.765. The van der Waals surface area contributed by atoms with E-state index in [2.05, 4.69) is 13.8 Å². The van der Waals surface area contributed by atoms with Crippen molar-refractivity contribution >= 4 is 72.8 Å². The van der Waals surface area contributed by atoms with Crippen LogP contribution >= 0.6 is 0 Å². The molecule has 8 nitrogen and oxygen atoms in total. The predicted octanol–water partition coefficient (Wildman–Crippen LogP) is 5.91. The molecule has 9 heteroatoms. The third kappa shape index (κ3) is 45.5. The Labute approximate surface area is 301 Å². The molecule has 0 unspecified atom stereocenters. The molecule has 0 aromatic carbocycles. The third-order valence-corrected chi connectivity index (χ3v) is 6.70. The first-order chi connectivity index (χ1) is 20.3. The van der Waals surface area contributed by atoms with Crippen LogP contribution in [0.1, 0.15) is 155 Å². The van der Waals surface area contributed by atoms with Crippen LogP contribution in [-0.4, -0.2) is 86.0 Å². The number of rotatable bonds is 28. The van der Waals surface area contributed by atoms with Crippen LogP contribution in [0.5, 0.6) is 0 Å². The van der Waals surface area contributed by atoms with Gasteiger partial charge in [0.1, 0.15) is 0 Å². The van der Waals surface area contributed by atoms with Crippen LogP contribution in [0.2, 0.25) is 0 Å². The van der Waals surface area contributed by atoms with Gasteiger partial charge in [-0.05, 0) is 25.0 Å². The zero-order chi connectivity index (χ0) is 31.5. The van der Waals surface area contributed by atoms with Crippen molar-refractivity contribution in [1.82, 2.24) is 0 Å². The van der Waals surface area contributed by atoms with E-state index in [1.54, 1.807) is 0 Å². The van der Waals surface area contributed by atoms with Gasteiger partial charge in [0.25, 0.3) is 0 Å². The van der Waals surface area contributed by atoms with Crippen LogP contribution in [0.25, 0.3) is 0 Å². The Morgan fingerprint density at radius 1 is 0.419 bits per heavy atom. The first kappa shape index (κ1) is 46.4. The molecule has 0 aromatic rings. The standard InChI is InChI=1S/2C17H30O4.Ba/c2*1-2-3-4-5-6-7-8-9-10-11-12-15-21-17(20)14-13-16(18)19;/h2*13-14H,2-12,15H2,1H3,(H,18,19);/q;;+2/p-2/b2*14-13-;. The smallest absolute Gasteiger partial charge is 0.545 e. The van der Waals surface area contributed by atoms with Gasteiger partial charge in [-0.1, -0.05) is 142 Å². The molecule has 0 saturated heterocycles. The van der Waals surface area contributed by atoms with Gasteiger partial charge in [0.2, 0.25) is 0 Å². The van der Waals surface area contributed by atoms with Gasteiger partial charge in [-0.25, -0.2) is 9.59 Å². The minimum Gasteiger partial charge on any atom is -0.545 e. The molecule has 0 fully saturated rings. The van der Waals surface area contributed by atoms with E-state index in [0.29, 0.717) is 25.4 Å². The van der Waals surface area contributed by atoms with Crippen LogP contribution < -0.4 is 10.2 Å². The predicted molar refractivity (Wildman–Crippen MR) is 169 cm³/mol. The molecule has 0 rings (SSSR count). The average Bonchev–Trinajstić information content (AvgIpc) is 2.96. The second kappa shape index (κ2) is 39.0. The Hall–Kier alpha value is -1.07. The number of hydrogen-bond donors (Lipinski definition) is 0. The topological polar surface area (TPSA) is 133 Å². The summed E-state index contributed by atoms with van der Waals surface area (Å²) in [6, 6.07) is 0. The Morgan fingerprint density at radius 3 is 0.884 bits per heavy atom. The molecule has 0 aliphatic carbocycles. The van der Waals surface area contributed by atoms with Gasteiger partial charge in [0.05, 0.1) is 25.2 Å². The SMILES string of the molecule is CCCCCCCCCCCCCOC(=O)/C=C\C(=O)[O-].CCCCCCCCCCCCCOC(=O)/C=C\C(=O)[O-].[Ba+2]. The fourth-order valence-electron chi connectivity index (χ4n) is 4.25. The van der Waals surface area contributed by atoms with Gasteiger partial charge in [-0.2, -0.15) is 0 Å². The Morgan fingerprint density at radius 2 is 0.651 bits per heavy atom. The van der Waals surface area contributed by atoms with E-state index in [1.807, 2.05) is 0 Å². The summed E-state index contributed by atoms with van der Waals surface area (Å²) in [4.78, 5) is 42.2. The van der Waals surface area contributed by atoms with Crippen molar-refractivity contribution in [2.24, 2.45) is 0 Å². The van der Waals surface area contributed by atoms with E-state index in [9.17, 15) is 29.4 Å². The van der Waals surface area contributed by atoms with Crippen molar-refractivity contribution in [3.05, 3.63) is 24.3 Å². The molecular formula is C34H58BaO8. The molecule has 244 valence electrons. The average molecular weight is 732 g/mol. The number of unbranched alkanes of at least 4 members (excludes halogenated alkanes) is 20. The summed E-state index contributed by atoms with van der Waals surface area (Å²) < 4.78 is 9.72. The van der Waals surface area contributed by atoms with Crippen LogP contribution in [0.15, 0.2) is 24.3 Å². The van der Waals surface area contributed by atoms with Gasteiger partial charge < -0.3 is 29.3 Å². The van der Waals surface area contributed by atoms with E-state index in [4.69, 9.17) is 9.47 Å². The summed E-state index contributed by atoms with van der Waals surface area (Å²) in [5, 5.41) is 20.1. The number of ether oxygens (including phenoxy) is 2. The molecule has 0 radical (unpaired) electrons. The number of carboxylic acid groups (broad SMARTS) is 2. The Kier molecular flexibility index (Phi) is 42.0. The van der Waals surface area contributed by atoms with Crippen LogP contribution in [-0.2, 0) is 28.7 Å². The molecule has 0 N–H and O–H groups in total. The monoisotopic (exact) mass is 732 g/mol. The van der Waals surface area contributed by atoms with Crippen LogP contribution in [0.4, 0.5) is 0 Å². The first-order valence-electron chi connectivity index (χ1n) is 16.4. The minimum atomic E-state index is -1.39. The molecule has 0 spiro atoms. The fourth-order valence-corrected chi connectivity index (χ4v) is 4.25. The summed E-state index contributed by atoms with van der Waals surface area (Å²) in [5.41, 5.74) is 0. The van der Waals surface area contributed by atoms with E-state index >= 15 is 0 Å². The van der Waals surface area contributed by atoms with E-state index in [-0.39, 0.29) is 48.9 Å². The summed E-state index contributed by atoms with van der Waals surface area (Å²) >= 11 is 0. The maximum Gasteiger partial charge on any atom is 2.00 e. The number of esters is 2. The van der Waals surface area contributed by atoms with Crippen LogP contribution in [0.3, 0.4) is 0 Å². The molecule has 0 heterocycles. The van der Waals surface area contributed by atoms with E-state index in [1.165, 1.54) is 116 Å². The number of carbonyl (C=O) groups is 4. The van der Waals surface area contributed by atoms with Gasteiger partial charge in [-0.3, -0.25) is 0 Å². The molecule has 0 bridgehead atoms. The van der Waals surface area contributed by atoms with E-state index in [0.717, 1.165) is 37.8 Å². The molecule has 0 aliphatic heterocycles. The summed E-state index contributed by atoms with van der Waals surface area (Å²) in [5.74, 6) is -4.01. The summed E-state index contributed by atoms with van der Waals surface area (Å²) in [6.07, 6.45) is 30.4. The zero-order valence-corrected chi connectivity index (χ0v) is 31.7. The molecule has 0 aliphatic rings. The van der Waals surface area contributed by atoms with Gasteiger partial charge >= 0.3 is 60.8 Å². The maximum absolute atomic E-state index is 11.0. The normalized spacial score (nSPS) is 10.7. The Bertz CT molecular complexity index is 661. The second-order valence-electron chi connectivity index (χ2n) is 10.7. The third-order valence-electron chi connectivity index (χ3n) is 6.70. The zero-order valence-electron chi connectivity index (χ0n) is 27.3. The van der Waals surface area contributed by atoms with Crippen molar-refractivity contribution in [2.75, 3.05) is 13.2 Å². The maximum atomic E-state index is 11.0. The van der Waals surface area contributed by atoms with E-state index < -0.39 is 23.9 Å². The molecule has 0 amide bonds. The van der Waals surface area contributed by atoms with Crippen molar-refractivity contribution in [3.63, 3.8) is 0 Å². The summed E-state index contributed by atoms with van der Waals surface area (Å²) in [7, 11) is 0. The van der Waals surface area contributed by atoms with Gasteiger partial charge in [-0.15, -0.1) is 0 Å². The van der Waals surface area contributed by atoms with Crippen molar-refractivity contribution in [3.8, 4) is 0 Å². The second-order valence-corrected chi connectivity index (χ2v) is 10.7. The minimum absolute atomic E-state index is 0. The van der Waals surface area contributed by atoms with Crippen molar-refractivity contribution in [2.45, 2.75) is 155 Å². The number of hydrogen-bond acceptors (Lipinski definition) is 8. The largest absolute Gasteiger partial charge is 2.00 e. The molecule has 0 aromatic heterocycles. The van der Waals surface area contributed by atoms with Crippen LogP contribution in [0, 0.1) is 0 Å². The number of carboxylic acids is 2. The Balaban J connectivity index is -0.000000727. The molecule has 0 saturated carbocycles. The van der Waals surface area contributed by atoms with Crippen molar-refractivity contribution in [1.29, 1.82) is 0 Å². The molecule has 43 heavy (non-hydrogen) atoms. The van der Waals surface area contributed by atoms with Gasteiger partial charge in [0.15, 0.2) is 0 Å². The summed E-state index contributed by atoms with van der Waals surface area (Å²) in [6.45, 7) is 5.17.